The number of amides is 1. The molecule has 1 aliphatic carbocycles. The number of hydrogen-bond acceptors (Lipinski definition) is 3. The second-order valence-electron chi connectivity index (χ2n) is 7.12. The molecule has 4 heteroatoms. The summed E-state index contributed by atoms with van der Waals surface area (Å²) in [5, 5.41) is 3.00. The number of carbonyl (C=O) groups is 1. The number of allylic oxidation sites excluding steroid dienone is 2. The molecule has 0 spiro atoms. The van der Waals surface area contributed by atoms with Crippen molar-refractivity contribution in [1.82, 2.24) is 5.32 Å². The van der Waals surface area contributed by atoms with E-state index in [-0.39, 0.29) is 5.91 Å². The Morgan fingerprint density at radius 2 is 1.71 bits per heavy atom. The second-order valence-corrected chi connectivity index (χ2v) is 7.12. The van der Waals surface area contributed by atoms with Gasteiger partial charge in [0.15, 0.2) is 0 Å². The van der Waals surface area contributed by atoms with Crippen LogP contribution >= 0.6 is 0 Å². The Morgan fingerprint density at radius 1 is 0.964 bits per heavy atom. The first-order valence-corrected chi connectivity index (χ1v) is 10.1. The molecule has 1 amide bonds. The maximum Gasteiger partial charge on any atom is 0.220 e. The van der Waals surface area contributed by atoms with Gasteiger partial charge in [-0.1, -0.05) is 42.5 Å². The minimum atomic E-state index is 0.156. The highest BCUT2D eigenvalue weighted by molar-refractivity contribution is 5.76. The number of nitrogens with one attached hydrogen (secondary N) is 1. The van der Waals surface area contributed by atoms with Gasteiger partial charge in [0.2, 0.25) is 5.91 Å². The van der Waals surface area contributed by atoms with E-state index < -0.39 is 0 Å². The Balaban J connectivity index is 1.24. The van der Waals surface area contributed by atoms with Crippen LogP contribution in [0.15, 0.2) is 66.7 Å². The average Bonchev–Trinajstić information content (AvgIpc) is 3.23. The topological polar surface area (TPSA) is 47.6 Å². The van der Waals surface area contributed by atoms with Gasteiger partial charge in [0.1, 0.15) is 18.1 Å². The van der Waals surface area contributed by atoms with Crippen LogP contribution in [0.4, 0.5) is 0 Å². The van der Waals surface area contributed by atoms with Crippen molar-refractivity contribution < 1.29 is 14.3 Å². The van der Waals surface area contributed by atoms with Gasteiger partial charge in [0.05, 0.1) is 6.61 Å². The minimum Gasteiger partial charge on any atom is -0.494 e. The molecule has 1 unspecified atom stereocenters. The first-order chi connectivity index (χ1) is 13.8. The van der Waals surface area contributed by atoms with Gasteiger partial charge in [-0.05, 0) is 61.4 Å². The van der Waals surface area contributed by atoms with E-state index in [1.54, 1.807) is 0 Å². The van der Waals surface area contributed by atoms with E-state index in [9.17, 15) is 4.79 Å². The van der Waals surface area contributed by atoms with E-state index in [1.807, 2.05) is 54.6 Å². The molecule has 28 heavy (non-hydrogen) atoms. The van der Waals surface area contributed by atoms with Gasteiger partial charge in [0, 0.05) is 13.0 Å². The zero-order chi connectivity index (χ0) is 19.4. The van der Waals surface area contributed by atoms with Crippen molar-refractivity contribution in [2.45, 2.75) is 38.7 Å². The SMILES string of the molecule is O=C(CC1C=CCC1)NCCCCOc1ccc(OCc2ccccc2)cc1. The molecule has 3 rings (SSSR count). The lowest BCUT2D eigenvalue weighted by Crippen LogP contribution is -2.26. The average molecular weight is 380 g/mol. The number of rotatable bonds is 11. The number of benzene rings is 2. The molecule has 4 nitrogen and oxygen atoms in total. The van der Waals surface area contributed by atoms with Crippen molar-refractivity contribution in [1.29, 1.82) is 0 Å². The molecule has 0 bridgehead atoms. The van der Waals surface area contributed by atoms with E-state index in [1.165, 1.54) is 0 Å². The van der Waals surface area contributed by atoms with Gasteiger partial charge >= 0.3 is 0 Å². The lowest BCUT2D eigenvalue weighted by atomic mass is 10.1. The Bertz CT molecular complexity index is 740. The maximum atomic E-state index is 11.8. The van der Waals surface area contributed by atoms with Crippen molar-refractivity contribution >= 4 is 5.91 Å². The van der Waals surface area contributed by atoms with Crippen molar-refractivity contribution in [2.75, 3.05) is 13.2 Å². The fourth-order valence-electron chi connectivity index (χ4n) is 3.19. The van der Waals surface area contributed by atoms with Crippen LogP contribution in [0.2, 0.25) is 0 Å². The molecular weight excluding hydrogens is 350 g/mol. The zero-order valence-corrected chi connectivity index (χ0v) is 16.3. The van der Waals surface area contributed by atoms with Crippen LogP contribution in [-0.2, 0) is 11.4 Å². The molecule has 0 aromatic heterocycles. The van der Waals surface area contributed by atoms with Crippen molar-refractivity contribution in [3.63, 3.8) is 0 Å². The molecule has 2 aromatic carbocycles. The van der Waals surface area contributed by atoms with Crippen LogP contribution in [-0.4, -0.2) is 19.1 Å². The fourth-order valence-corrected chi connectivity index (χ4v) is 3.19. The number of ether oxygens (including phenoxy) is 2. The van der Waals surface area contributed by atoms with E-state index in [0.29, 0.717) is 32.1 Å². The normalized spacial score (nSPS) is 15.4. The minimum absolute atomic E-state index is 0.156. The van der Waals surface area contributed by atoms with Crippen molar-refractivity contribution in [3.05, 3.63) is 72.3 Å². The number of carbonyl (C=O) groups excluding carboxylic acids is 1. The standard InChI is InChI=1S/C24H29NO3/c26-24(18-20-8-4-5-9-20)25-16-6-7-17-27-22-12-14-23(15-13-22)28-19-21-10-2-1-3-11-21/h1-4,8,10-15,20H,5-7,9,16-19H2,(H,25,26). The highest BCUT2D eigenvalue weighted by Crippen LogP contribution is 2.20. The van der Waals surface area contributed by atoms with E-state index >= 15 is 0 Å². The third kappa shape index (κ3) is 7.10. The van der Waals surface area contributed by atoms with Gasteiger partial charge in [-0.3, -0.25) is 4.79 Å². The summed E-state index contributed by atoms with van der Waals surface area (Å²) in [4.78, 5) is 11.8. The lowest BCUT2D eigenvalue weighted by molar-refractivity contribution is -0.121. The highest BCUT2D eigenvalue weighted by atomic mass is 16.5. The van der Waals surface area contributed by atoms with Gasteiger partial charge in [-0.15, -0.1) is 0 Å². The summed E-state index contributed by atoms with van der Waals surface area (Å²) in [6.45, 7) is 1.92. The number of unbranched alkanes of at least 4 members (excludes halogenated alkanes) is 1. The van der Waals surface area contributed by atoms with Crippen molar-refractivity contribution in [3.8, 4) is 11.5 Å². The van der Waals surface area contributed by atoms with Crippen molar-refractivity contribution in [2.24, 2.45) is 5.92 Å². The molecule has 148 valence electrons. The molecule has 0 radical (unpaired) electrons. The van der Waals surface area contributed by atoms with Gasteiger partial charge in [0.25, 0.3) is 0 Å². The molecule has 1 atom stereocenters. The van der Waals surface area contributed by atoms with Gasteiger partial charge in [-0.25, -0.2) is 0 Å². The van der Waals surface area contributed by atoms with Crippen LogP contribution in [0, 0.1) is 5.92 Å². The van der Waals surface area contributed by atoms with E-state index in [0.717, 1.165) is 42.7 Å². The predicted molar refractivity (Wildman–Crippen MR) is 111 cm³/mol. The third-order valence-electron chi connectivity index (χ3n) is 4.79. The second kappa shape index (κ2) is 11.2. The summed E-state index contributed by atoms with van der Waals surface area (Å²) >= 11 is 0. The molecule has 2 aromatic rings. The first-order valence-electron chi connectivity index (χ1n) is 10.1. The molecule has 1 N–H and O–H groups in total. The summed E-state index contributed by atoms with van der Waals surface area (Å²) in [6, 6.07) is 17.8. The molecule has 0 saturated carbocycles. The quantitative estimate of drug-likeness (QED) is 0.446. The van der Waals surface area contributed by atoms with Gasteiger partial charge in [-0.2, -0.15) is 0 Å². The van der Waals surface area contributed by atoms with Crippen LogP contribution in [0.25, 0.3) is 0 Å². The summed E-state index contributed by atoms with van der Waals surface area (Å²) in [5.41, 5.74) is 1.15. The lowest BCUT2D eigenvalue weighted by Gasteiger charge is -2.10. The van der Waals surface area contributed by atoms with Crippen LogP contribution in [0.1, 0.15) is 37.7 Å². The monoisotopic (exact) mass is 379 g/mol. The summed E-state index contributed by atoms with van der Waals surface area (Å²) in [6.07, 6.45) is 8.99. The molecule has 0 heterocycles. The smallest absolute Gasteiger partial charge is 0.220 e. The predicted octanol–water partition coefficient (Wildman–Crippen LogP) is 4.90. The Hall–Kier alpha value is -2.75. The first kappa shape index (κ1) is 20.0. The molecule has 1 aliphatic rings. The molecular formula is C24H29NO3. The van der Waals surface area contributed by atoms with E-state index in [4.69, 9.17) is 9.47 Å². The Labute approximate surface area is 167 Å². The van der Waals surface area contributed by atoms with Crippen LogP contribution in [0.5, 0.6) is 11.5 Å². The van der Waals surface area contributed by atoms with E-state index in [2.05, 4.69) is 17.5 Å². The Morgan fingerprint density at radius 3 is 2.43 bits per heavy atom. The largest absolute Gasteiger partial charge is 0.494 e. The fraction of sp³-hybridized carbons (Fsp3) is 0.375. The third-order valence-corrected chi connectivity index (χ3v) is 4.79. The summed E-state index contributed by atoms with van der Waals surface area (Å²) < 4.78 is 11.5. The van der Waals surface area contributed by atoms with Crippen LogP contribution < -0.4 is 14.8 Å². The Kier molecular flexibility index (Phi) is 7.98. The molecule has 0 aliphatic heterocycles. The number of hydrogen-bond donors (Lipinski definition) is 1. The highest BCUT2D eigenvalue weighted by Gasteiger charge is 2.13. The molecule has 0 saturated heterocycles. The van der Waals surface area contributed by atoms with Crippen LogP contribution in [0.3, 0.4) is 0 Å². The zero-order valence-electron chi connectivity index (χ0n) is 16.3. The summed E-state index contributed by atoms with van der Waals surface area (Å²) in [5.74, 6) is 2.26. The molecule has 0 fully saturated rings. The maximum absolute atomic E-state index is 11.8. The van der Waals surface area contributed by atoms with Gasteiger partial charge < -0.3 is 14.8 Å². The summed E-state index contributed by atoms with van der Waals surface area (Å²) in [7, 11) is 0.